The first-order valence-corrected chi connectivity index (χ1v) is 9.44. The summed E-state index contributed by atoms with van der Waals surface area (Å²) in [6, 6.07) is 7.14. The summed E-state index contributed by atoms with van der Waals surface area (Å²) in [5.74, 6) is -0.150. The zero-order valence-electron chi connectivity index (χ0n) is 14.2. The van der Waals surface area contributed by atoms with E-state index in [9.17, 15) is 9.18 Å². The third-order valence-corrected chi connectivity index (χ3v) is 5.78. The maximum absolute atomic E-state index is 13.0. The Labute approximate surface area is 150 Å². The van der Waals surface area contributed by atoms with E-state index in [0.29, 0.717) is 11.7 Å². The van der Waals surface area contributed by atoms with Crippen molar-refractivity contribution in [1.29, 1.82) is 0 Å². The Morgan fingerprint density at radius 3 is 2.44 bits per heavy atom. The van der Waals surface area contributed by atoms with Gasteiger partial charge in [0.2, 0.25) is 0 Å². The van der Waals surface area contributed by atoms with Crippen molar-refractivity contribution in [3.05, 3.63) is 46.2 Å². The molecule has 2 aliphatic heterocycles. The van der Waals surface area contributed by atoms with Gasteiger partial charge in [-0.05, 0) is 31.2 Å². The van der Waals surface area contributed by atoms with Crippen LogP contribution >= 0.6 is 11.3 Å². The molecular weight excluding hydrogens is 339 g/mol. The Morgan fingerprint density at radius 2 is 1.84 bits per heavy atom. The lowest BCUT2D eigenvalue weighted by Crippen LogP contribution is -2.64. The van der Waals surface area contributed by atoms with Crippen LogP contribution < -0.4 is 4.90 Å². The van der Waals surface area contributed by atoms with E-state index >= 15 is 0 Å². The molecule has 7 heteroatoms. The van der Waals surface area contributed by atoms with Crippen molar-refractivity contribution in [1.82, 2.24) is 14.8 Å². The first-order chi connectivity index (χ1) is 12.1. The molecule has 0 spiro atoms. The Balaban J connectivity index is 1.27. The molecule has 1 amide bonds. The highest BCUT2D eigenvalue weighted by Crippen LogP contribution is 2.22. The lowest BCUT2D eigenvalue weighted by Gasteiger charge is -2.48. The predicted octanol–water partition coefficient (Wildman–Crippen LogP) is 2.24. The summed E-state index contributed by atoms with van der Waals surface area (Å²) in [6.45, 7) is 7.29. The van der Waals surface area contributed by atoms with E-state index in [-0.39, 0.29) is 11.7 Å². The molecule has 0 bridgehead atoms. The summed E-state index contributed by atoms with van der Waals surface area (Å²) in [6.07, 6.45) is 0. The van der Waals surface area contributed by atoms with Gasteiger partial charge in [-0.1, -0.05) is 0 Å². The average molecular weight is 360 g/mol. The number of aryl methyl sites for hydroxylation is 1. The zero-order chi connectivity index (χ0) is 17.4. The molecule has 132 valence electrons. The third-order valence-electron chi connectivity index (χ3n) is 5.01. The fourth-order valence-electron chi connectivity index (χ4n) is 3.47. The summed E-state index contributed by atoms with van der Waals surface area (Å²) >= 11 is 1.51. The van der Waals surface area contributed by atoms with Gasteiger partial charge in [0, 0.05) is 56.4 Å². The number of halogens is 1. The van der Waals surface area contributed by atoms with E-state index in [1.54, 1.807) is 0 Å². The average Bonchev–Trinajstić information content (AvgIpc) is 3.01. The fraction of sp³-hybridized carbons (Fsp3) is 0.444. The number of carbonyl (C=O) groups excluding carboxylic acids is 1. The number of carbonyl (C=O) groups is 1. The molecule has 2 aromatic rings. The quantitative estimate of drug-likeness (QED) is 0.842. The van der Waals surface area contributed by atoms with Gasteiger partial charge in [0.15, 0.2) is 0 Å². The minimum Gasteiger partial charge on any atom is -0.369 e. The molecule has 1 aromatic carbocycles. The van der Waals surface area contributed by atoms with Crippen molar-refractivity contribution in [3.63, 3.8) is 0 Å². The van der Waals surface area contributed by atoms with Crippen LogP contribution in [0.25, 0.3) is 0 Å². The first kappa shape index (κ1) is 16.5. The minimum absolute atomic E-state index is 0.0468. The van der Waals surface area contributed by atoms with Gasteiger partial charge in [-0.3, -0.25) is 9.69 Å². The molecule has 2 saturated heterocycles. The molecule has 5 nitrogen and oxygen atoms in total. The SMILES string of the molecule is Cc1nc(C(=O)N2CC(N3CCN(c4ccc(F)cc4)CC3)C2)cs1. The second-order valence-corrected chi connectivity index (χ2v) is 7.68. The maximum atomic E-state index is 13.0. The van der Waals surface area contributed by atoms with E-state index in [2.05, 4.69) is 14.8 Å². The van der Waals surface area contributed by atoms with Crippen molar-refractivity contribution in [2.75, 3.05) is 44.2 Å². The molecule has 1 aromatic heterocycles. The number of benzene rings is 1. The molecule has 0 saturated carbocycles. The van der Waals surface area contributed by atoms with Crippen molar-refractivity contribution in [3.8, 4) is 0 Å². The number of piperazine rings is 1. The van der Waals surface area contributed by atoms with E-state index in [1.165, 1.54) is 23.5 Å². The Bertz CT molecular complexity index is 749. The van der Waals surface area contributed by atoms with Crippen LogP contribution in [0.4, 0.5) is 10.1 Å². The second-order valence-electron chi connectivity index (χ2n) is 6.62. The lowest BCUT2D eigenvalue weighted by atomic mass is 10.1. The maximum Gasteiger partial charge on any atom is 0.273 e. The fourth-order valence-corrected chi connectivity index (χ4v) is 4.06. The summed E-state index contributed by atoms with van der Waals surface area (Å²) in [7, 11) is 0. The number of amides is 1. The van der Waals surface area contributed by atoms with Crippen LogP contribution in [-0.4, -0.2) is 66.0 Å². The third kappa shape index (κ3) is 3.39. The van der Waals surface area contributed by atoms with E-state index in [0.717, 1.165) is 50.0 Å². The molecular formula is C18H21FN4OS. The topological polar surface area (TPSA) is 39.7 Å². The van der Waals surface area contributed by atoms with Crippen LogP contribution in [-0.2, 0) is 0 Å². The van der Waals surface area contributed by atoms with Crippen LogP contribution in [0.5, 0.6) is 0 Å². The monoisotopic (exact) mass is 360 g/mol. The summed E-state index contributed by atoms with van der Waals surface area (Å²) < 4.78 is 13.0. The van der Waals surface area contributed by atoms with Gasteiger partial charge in [0.05, 0.1) is 5.01 Å². The highest BCUT2D eigenvalue weighted by Gasteiger charge is 2.36. The summed E-state index contributed by atoms with van der Waals surface area (Å²) in [4.78, 5) is 23.2. The Kier molecular flexibility index (Phi) is 4.43. The molecule has 0 aliphatic carbocycles. The lowest BCUT2D eigenvalue weighted by molar-refractivity contribution is 0.0243. The standard InChI is InChI=1S/C18H21FN4OS/c1-13-20-17(12-25-13)18(24)23-10-16(11-23)22-8-6-21(7-9-22)15-4-2-14(19)3-5-15/h2-5,12,16H,6-11H2,1H3. The number of hydrogen-bond donors (Lipinski definition) is 0. The van der Waals surface area contributed by atoms with Crippen LogP contribution in [0.2, 0.25) is 0 Å². The Morgan fingerprint density at radius 1 is 1.16 bits per heavy atom. The molecule has 3 heterocycles. The molecule has 4 rings (SSSR count). The van der Waals surface area contributed by atoms with Gasteiger partial charge < -0.3 is 9.80 Å². The van der Waals surface area contributed by atoms with Crippen LogP contribution in [0, 0.1) is 12.7 Å². The number of anilines is 1. The summed E-state index contributed by atoms with van der Waals surface area (Å²) in [5.41, 5.74) is 1.65. The van der Waals surface area contributed by atoms with E-state index in [1.807, 2.05) is 29.3 Å². The number of nitrogens with zero attached hydrogens (tertiary/aromatic N) is 4. The molecule has 0 atom stereocenters. The van der Waals surface area contributed by atoms with Crippen LogP contribution in [0.1, 0.15) is 15.5 Å². The van der Waals surface area contributed by atoms with Crippen molar-refractivity contribution in [2.24, 2.45) is 0 Å². The minimum atomic E-state index is -0.197. The number of thiazole rings is 1. The number of hydrogen-bond acceptors (Lipinski definition) is 5. The zero-order valence-corrected chi connectivity index (χ0v) is 15.0. The highest BCUT2D eigenvalue weighted by atomic mass is 32.1. The van der Waals surface area contributed by atoms with Crippen LogP contribution in [0.3, 0.4) is 0 Å². The Hall–Kier alpha value is -1.99. The normalized spacial score (nSPS) is 19.1. The predicted molar refractivity (Wildman–Crippen MR) is 96.7 cm³/mol. The van der Waals surface area contributed by atoms with Crippen molar-refractivity contribution in [2.45, 2.75) is 13.0 Å². The van der Waals surface area contributed by atoms with Crippen LogP contribution in [0.15, 0.2) is 29.6 Å². The van der Waals surface area contributed by atoms with E-state index in [4.69, 9.17) is 0 Å². The molecule has 0 radical (unpaired) electrons. The van der Waals surface area contributed by atoms with E-state index < -0.39 is 0 Å². The van der Waals surface area contributed by atoms with Gasteiger partial charge in [0.1, 0.15) is 11.5 Å². The number of likely N-dealkylation sites (tertiary alicyclic amines) is 1. The molecule has 0 unspecified atom stereocenters. The highest BCUT2D eigenvalue weighted by molar-refractivity contribution is 7.09. The first-order valence-electron chi connectivity index (χ1n) is 8.56. The molecule has 0 N–H and O–H groups in total. The van der Waals surface area contributed by atoms with Gasteiger partial charge in [-0.2, -0.15) is 0 Å². The van der Waals surface area contributed by atoms with Gasteiger partial charge in [0.25, 0.3) is 5.91 Å². The largest absolute Gasteiger partial charge is 0.369 e. The summed E-state index contributed by atoms with van der Waals surface area (Å²) in [5, 5.41) is 2.77. The molecule has 25 heavy (non-hydrogen) atoms. The smallest absolute Gasteiger partial charge is 0.273 e. The van der Waals surface area contributed by atoms with Crippen molar-refractivity contribution < 1.29 is 9.18 Å². The van der Waals surface area contributed by atoms with Crippen molar-refractivity contribution >= 4 is 22.9 Å². The number of rotatable bonds is 3. The van der Waals surface area contributed by atoms with Gasteiger partial charge >= 0.3 is 0 Å². The second kappa shape index (κ2) is 6.72. The number of aromatic nitrogens is 1. The molecule has 2 fully saturated rings. The van der Waals surface area contributed by atoms with Gasteiger partial charge in [-0.25, -0.2) is 9.37 Å². The van der Waals surface area contributed by atoms with Gasteiger partial charge in [-0.15, -0.1) is 11.3 Å². The molecule has 2 aliphatic rings.